The molecule has 0 spiro atoms. The van der Waals surface area contributed by atoms with Crippen molar-refractivity contribution < 1.29 is 9.53 Å². The van der Waals surface area contributed by atoms with Gasteiger partial charge in [-0.2, -0.15) is 5.10 Å². The van der Waals surface area contributed by atoms with E-state index >= 15 is 0 Å². The number of nitrogens with zero attached hydrogens (tertiary/aromatic N) is 5. The van der Waals surface area contributed by atoms with Crippen molar-refractivity contribution in [2.24, 2.45) is 7.05 Å². The molecule has 4 rings (SSSR count). The van der Waals surface area contributed by atoms with E-state index < -0.39 is 0 Å². The van der Waals surface area contributed by atoms with Crippen molar-refractivity contribution in [3.8, 4) is 0 Å². The average Bonchev–Trinajstić information content (AvgIpc) is 3.30. The molecule has 0 unspecified atom stereocenters. The summed E-state index contributed by atoms with van der Waals surface area (Å²) in [6.45, 7) is 4.06. The van der Waals surface area contributed by atoms with E-state index in [1.807, 2.05) is 11.9 Å². The molecule has 1 aliphatic heterocycles. The van der Waals surface area contributed by atoms with Gasteiger partial charge in [0.15, 0.2) is 5.65 Å². The fourth-order valence-electron chi connectivity index (χ4n) is 3.88. The summed E-state index contributed by atoms with van der Waals surface area (Å²) in [5, 5.41) is 8.70. The number of fused-ring (bicyclic) bond motifs is 1. The van der Waals surface area contributed by atoms with Crippen LogP contribution in [-0.4, -0.2) is 62.9 Å². The molecule has 2 fully saturated rings. The van der Waals surface area contributed by atoms with Gasteiger partial charge in [-0.3, -0.25) is 9.48 Å². The highest BCUT2D eigenvalue weighted by atomic mass is 16.5. The molecule has 0 aromatic carbocycles. The Morgan fingerprint density at radius 2 is 2.15 bits per heavy atom. The molecule has 1 atom stereocenters. The summed E-state index contributed by atoms with van der Waals surface area (Å²) in [4.78, 5) is 23.0. The lowest BCUT2D eigenvalue weighted by Gasteiger charge is -2.32. The van der Waals surface area contributed by atoms with Gasteiger partial charge in [-0.05, 0) is 12.8 Å². The third-order valence-corrected chi connectivity index (χ3v) is 5.41. The van der Waals surface area contributed by atoms with Crippen LogP contribution in [0.2, 0.25) is 0 Å². The predicted octanol–water partition coefficient (Wildman–Crippen LogP) is 1.68. The lowest BCUT2D eigenvalue weighted by atomic mass is 10.1. The molecule has 1 saturated carbocycles. The van der Waals surface area contributed by atoms with Gasteiger partial charge in [0, 0.05) is 39.5 Å². The zero-order valence-corrected chi connectivity index (χ0v) is 15.4. The van der Waals surface area contributed by atoms with E-state index in [-0.39, 0.29) is 12.0 Å². The zero-order chi connectivity index (χ0) is 18.1. The third kappa shape index (κ3) is 3.38. The van der Waals surface area contributed by atoms with E-state index in [0.29, 0.717) is 32.2 Å². The van der Waals surface area contributed by atoms with Crippen molar-refractivity contribution in [3.63, 3.8) is 0 Å². The lowest BCUT2D eigenvalue weighted by Crippen LogP contribution is -2.47. The Balaban J connectivity index is 1.54. The van der Waals surface area contributed by atoms with Crippen LogP contribution in [0.15, 0.2) is 6.20 Å². The lowest BCUT2D eigenvalue weighted by molar-refractivity contribution is -0.135. The predicted molar refractivity (Wildman–Crippen MR) is 98.0 cm³/mol. The maximum Gasteiger partial charge on any atom is 0.219 e. The first kappa shape index (κ1) is 17.2. The highest BCUT2D eigenvalue weighted by molar-refractivity contribution is 5.86. The summed E-state index contributed by atoms with van der Waals surface area (Å²) in [5.41, 5.74) is 0.860. The average molecular weight is 358 g/mol. The van der Waals surface area contributed by atoms with Crippen molar-refractivity contribution in [3.05, 3.63) is 12.0 Å². The second kappa shape index (κ2) is 7.19. The highest BCUT2D eigenvalue weighted by Gasteiger charge is 2.24. The van der Waals surface area contributed by atoms with E-state index in [1.165, 1.54) is 12.8 Å². The number of amides is 1. The molecule has 140 valence electrons. The number of carbonyl (C=O) groups excluding carboxylic acids is 1. The number of carbonyl (C=O) groups is 1. The monoisotopic (exact) mass is 358 g/mol. The topological polar surface area (TPSA) is 85.2 Å². The van der Waals surface area contributed by atoms with E-state index in [1.54, 1.807) is 17.8 Å². The standard InChI is InChI=1S/C18H26N6O2/c1-12(25)24-7-8-26-14(11-24)9-19-17-15-10-20-23(2)18(15)22-16(21-17)13-5-3-4-6-13/h10,13-14H,3-9,11H2,1-2H3,(H,19,21,22)/t14-/m0/s1. The number of aromatic nitrogens is 4. The first-order valence-corrected chi connectivity index (χ1v) is 9.42. The van der Waals surface area contributed by atoms with Gasteiger partial charge in [-0.1, -0.05) is 12.8 Å². The number of morpholine rings is 1. The molecule has 1 saturated heterocycles. The van der Waals surface area contributed by atoms with E-state index in [4.69, 9.17) is 14.7 Å². The SMILES string of the molecule is CC(=O)N1CCO[C@@H](CNc2nc(C3CCCC3)nc3c2cnn3C)C1. The van der Waals surface area contributed by atoms with Gasteiger partial charge in [-0.15, -0.1) is 0 Å². The molecule has 2 aromatic heterocycles. The van der Waals surface area contributed by atoms with Crippen LogP contribution in [0.3, 0.4) is 0 Å². The fraction of sp³-hybridized carbons (Fsp3) is 0.667. The second-order valence-corrected chi connectivity index (χ2v) is 7.26. The van der Waals surface area contributed by atoms with E-state index in [2.05, 4.69) is 10.4 Å². The molecular formula is C18H26N6O2. The molecule has 1 N–H and O–H groups in total. The second-order valence-electron chi connectivity index (χ2n) is 7.26. The Morgan fingerprint density at radius 1 is 1.35 bits per heavy atom. The van der Waals surface area contributed by atoms with Gasteiger partial charge in [0.2, 0.25) is 5.91 Å². The number of nitrogens with one attached hydrogen (secondary N) is 1. The van der Waals surface area contributed by atoms with Gasteiger partial charge in [0.25, 0.3) is 0 Å². The minimum absolute atomic E-state index is 0.0377. The zero-order valence-electron chi connectivity index (χ0n) is 15.4. The van der Waals surface area contributed by atoms with E-state index in [9.17, 15) is 4.79 Å². The summed E-state index contributed by atoms with van der Waals surface area (Å²) in [6.07, 6.45) is 6.57. The van der Waals surface area contributed by atoms with Gasteiger partial charge in [0.05, 0.1) is 24.3 Å². The molecular weight excluding hydrogens is 332 g/mol. The van der Waals surface area contributed by atoms with Crippen molar-refractivity contribution in [1.29, 1.82) is 0 Å². The van der Waals surface area contributed by atoms with Gasteiger partial charge in [-0.25, -0.2) is 9.97 Å². The number of anilines is 1. The smallest absolute Gasteiger partial charge is 0.219 e. The Morgan fingerprint density at radius 3 is 2.92 bits per heavy atom. The minimum Gasteiger partial charge on any atom is -0.373 e. The molecule has 8 nitrogen and oxygen atoms in total. The van der Waals surface area contributed by atoms with Crippen molar-refractivity contribution in [2.45, 2.75) is 44.6 Å². The largest absolute Gasteiger partial charge is 0.373 e. The van der Waals surface area contributed by atoms with Crippen LogP contribution in [-0.2, 0) is 16.6 Å². The van der Waals surface area contributed by atoms with Gasteiger partial charge < -0.3 is 15.0 Å². The molecule has 26 heavy (non-hydrogen) atoms. The molecule has 3 heterocycles. The van der Waals surface area contributed by atoms with Crippen LogP contribution in [0.25, 0.3) is 11.0 Å². The normalized spacial score (nSPS) is 21.5. The third-order valence-electron chi connectivity index (χ3n) is 5.41. The first-order chi connectivity index (χ1) is 12.6. The van der Waals surface area contributed by atoms with Crippen LogP contribution >= 0.6 is 0 Å². The Kier molecular flexibility index (Phi) is 4.76. The molecule has 1 aliphatic carbocycles. The minimum atomic E-state index is -0.0377. The van der Waals surface area contributed by atoms with E-state index in [0.717, 1.165) is 35.5 Å². The number of aryl methyl sites for hydroxylation is 1. The quantitative estimate of drug-likeness (QED) is 0.895. The molecule has 8 heteroatoms. The number of ether oxygens (including phenoxy) is 1. The van der Waals surface area contributed by atoms with Crippen LogP contribution in [0.5, 0.6) is 0 Å². The Labute approximate surface area is 152 Å². The van der Waals surface area contributed by atoms with Crippen LogP contribution in [0, 0.1) is 0 Å². The van der Waals surface area contributed by atoms with Crippen molar-refractivity contribution >= 4 is 22.8 Å². The molecule has 0 bridgehead atoms. The summed E-state index contributed by atoms with van der Waals surface area (Å²) in [6, 6.07) is 0. The van der Waals surface area contributed by atoms with Gasteiger partial charge in [0.1, 0.15) is 11.6 Å². The molecule has 2 aliphatic rings. The summed E-state index contributed by atoms with van der Waals surface area (Å²) >= 11 is 0. The fourth-order valence-corrected chi connectivity index (χ4v) is 3.88. The summed E-state index contributed by atoms with van der Waals surface area (Å²) < 4.78 is 7.61. The van der Waals surface area contributed by atoms with Crippen molar-refractivity contribution in [2.75, 3.05) is 31.6 Å². The molecule has 2 aromatic rings. The number of hydrogen-bond acceptors (Lipinski definition) is 6. The molecule has 1 amide bonds. The summed E-state index contributed by atoms with van der Waals surface area (Å²) in [5.74, 6) is 2.26. The highest BCUT2D eigenvalue weighted by Crippen LogP contribution is 2.34. The van der Waals surface area contributed by atoms with Gasteiger partial charge >= 0.3 is 0 Å². The number of rotatable bonds is 4. The maximum atomic E-state index is 11.6. The summed E-state index contributed by atoms with van der Waals surface area (Å²) in [7, 11) is 1.91. The van der Waals surface area contributed by atoms with Crippen LogP contribution in [0.1, 0.15) is 44.3 Å². The maximum absolute atomic E-state index is 11.6. The first-order valence-electron chi connectivity index (χ1n) is 9.42. The van der Waals surface area contributed by atoms with Crippen LogP contribution in [0.4, 0.5) is 5.82 Å². The van der Waals surface area contributed by atoms with Crippen molar-refractivity contribution in [1.82, 2.24) is 24.6 Å². The Hall–Kier alpha value is -2.22. The Bertz CT molecular complexity index is 798. The molecule has 0 radical (unpaired) electrons. The van der Waals surface area contributed by atoms with Crippen LogP contribution < -0.4 is 5.32 Å². The number of hydrogen-bond donors (Lipinski definition) is 1.